The first-order valence-electron chi connectivity index (χ1n) is 3.33. The van der Waals surface area contributed by atoms with E-state index in [1.807, 2.05) is 0 Å². The van der Waals surface area contributed by atoms with Crippen molar-refractivity contribution in [2.24, 2.45) is 5.73 Å². The zero-order chi connectivity index (χ0) is 9.14. The first-order valence-corrected chi connectivity index (χ1v) is 4.09. The Hall–Kier alpha value is -0.570. The molecule has 0 unspecified atom stereocenters. The molecule has 1 aromatic carbocycles. The number of hydrogen-bond acceptors (Lipinski definition) is 2. The minimum atomic E-state index is -0.206. The zero-order valence-electron chi connectivity index (χ0n) is 6.18. The van der Waals surface area contributed by atoms with Crippen LogP contribution < -0.4 is 5.73 Å². The summed E-state index contributed by atoms with van der Waals surface area (Å²) in [4.78, 5) is 11.1. The lowest BCUT2D eigenvalue weighted by molar-refractivity contribution is 0.100. The molecule has 0 saturated carbocycles. The van der Waals surface area contributed by atoms with Gasteiger partial charge >= 0.3 is 0 Å². The van der Waals surface area contributed by atoms with Gasteiger partial charge in [-0.3, -0.25) is 4.79 Å². The molecule has 64 valence electrons. The number of rotatable bonds is 2. The lowest BCUT2D eigenvalue weighted by Crippen LogP contribution is -2.13. The van der Waals surface area contributed by atoms with Crippen LogP contribution in [0.25, 0.3) is 0 Å². The van der Waals surface area contributed by atoms with Crippen LogP contribution in [0.15, 0.2) is 18.2 Å². The molecule has 0 aliphatic heterocycles. The van der Waals surface area contributed by atoms with Crippen molar-refractivity contribution in [2.75, 3.05) is 6.54 Å². The van der Waals surface area contributed by atoms with E-state index >= 15 is 0 Å². The highest BCUT2D eigenvalue weighted by Gasteiger charge is 2.08. The van der Waals surface area contributed by atoms with Crippen molar-refractivity contribution in [2.45, 2.75) is 0 Å². The van der Waals surface area contributed by atoms with Gasteiger partial charge in [-0.15, -0.1) is 0 Å². The first kappa shape index (κ1) is 9.52. The Labute approximate surface area is 80.3 Å². The number of carbonyl (C=O) groups excluding carboxylic acids is 1. The molecule has 0 aromatic heterocycles. The second kappa shape index (κ2) is 3.90. The molecule has 4 heteroatoms. The van der Waals surface area contributed by atoms with Gasteiger partial charge in [0.25, 0.3) is 0 Å². The van der Waals surface area contributed by atoms with Crippen LogP contribution in [0.4, 0.5) is 0 Å². The first-order chi connectivity index (χ1) is 5.65. The predicted octanol–water partition coefficient (Wildman–Crippen LogP) is 2.13. The standard InChI is InChI=1S/C8H7Cl2NO/c9-5-1-2-7(10)6(3-5)8(12)4-11/h1-3H,4,11H2. The predicted molar refractivity (Wildman–Crippen MR) is 49.8 cm³/mol. The normalized spacial score (nSPS) is 9.92. The Morgan fingerprint density at radius 1 is 1.42 bits per heavy atom. The average molecular weight is 204 g/mol. The minimum absolute atomic E-state index is 0.0555. The van der Waals surface area contributed by atoms with Gasteiger partial charge < -0.3 is 5.73 Å². The van der Waals surface area contributed by atoms with Gasteiger partial charge in [0, 0.05) is 10.6 Å². The maximum atomic E-state index is 11.1. The Bertz CT molecular complexity index is 312. The van der Waals surface area contributed by atoms with Crippen molar-refractivity contribution >= 4 is 29.0 Å². The number of nitrogens with two attached hydrogens (primary N) is 1. The number of halogens is 2. The summed E-state index contributed by atoms with van der Waals surface area (Å²) in [5.41, 5.74) is 5.55. The lowest BCUT2D eigenvalue weighted by Gasteiger charge is -2.00. The molecule has 0 aliphatic carbocycles. The van der Waals surface area contributed by atoms with E-state index in [0.717, 1.165) is 0 Å². The molecule has 0 fully saturated rings. The van der Waals surface area contributed by atoms with Crippen LogP contribution in [-0.4, -0.2) is 12.3 Å². The van der Waals surface area contributed by atoms with Crippen LogP contribution in [-0.2, 0) is 0 Å². The second-order valence-corrected chi connectivity index (χ2v) is 3.10. The van der Waals surface area contributed by atoms with Crippen molar-refractivity contribution in [3.05, 3.63) is 33.8 Å². The lowest BCUT2D eigenvalue weighted by atomic mass is 10.1. The van der Waals surface area contributed by atoms with Crippen LogP contribution in [0, 0.1) is 0 Å². The van der Waals surface area contributed by atoms with E-state index in [2.05, 4.69) is 0 Å². The van der Waals surface area contributed by atoms with E-state index in [0.29, 0.717) is 15.6 Å². The summed E-state index contributed by atoms with van der Waals surface area (Å²) in [6.07, 6.45) is 0. The minimum Gasteiger partial charge on any atom is -0.324 e. The van der Waals surface area contributed by atoms with Crippen molar-refractivity contribution in [1.29, 1.82) is 0 Å². The molecule has 0 heterocycles. The highest BCUT2D eigenvalue weighted by Crippen LogP contribution is 2.20. The molecule has 0 atom stereocenters. The van der Waals surface area contributed by atoms with Crippen molar-refractivity contribution in [1.82, 2.24) is 0 Å². The molecule has 2 nitrogen and oxygen atoms in total. The van der Waals surface area contributed by atoms with Gasteiger partial charge in [-0.25, -0.2) is 0 Å². The molecule has 1 aromatic rings. The van der Waals surface area contributed by atoms with Crippen LogP contribution >= 0.6 is 23.2 Å². The molecule has 0 radical (unpaired) electrons. The Kier molecular flexibility index (Phi) is 3.09. The van der Waals surface area contributed by atoms with Crippen molar-refractivity contribution < 1.29 is 4.79 Å². The Balaban J connectivity index is 3.13. The maximum absolute atomic E-state index is 11.1. The molecule has 0 saturated heterocycles. The second-order valence-electron chi connectivity index (χ2n) is 2.25. The highest BCUT2D eigenvalue weighted by molar-refractivity contribution is 6.35. The molecule has 2 N–H and O–H groups in total. The molecule has 0 spiro atoms. The van der Waals surface area contributed by atoms with Gasteiger partial charge in [0.2, 0.25) is 0 Å². The molecular weight excluding hydrogens is 197 g/mol. The van der Waals surface area contributed by atoms with E-state index in [-0.39, 0.29) is 12.3 Å². The number of benzene rings is 1. The third kappa shape index (κ3) is 1.97. The van der Waals surface area contributed by atoms with Gasteiger partial charge in [0.05, 0.1) is 11.6 Å². The Morgan fingerprint density at radius 2 is 2.08 bits per heavy atom. The average Bonchev–Trinajstić information content (AvgIpc) is 2.08. The summed E-state index contributed by atoms with van der Waals surface area (Å²) in [5, 5.41) is 0.867. The van der Waals surface area contributed by atoms with Gasteiger partial charge in [0.15, 0.2) is 5.78 Å². The fourth-order valence-corrected chi connectivity index (χ4v) is 1.22. The quantitative estimate of drug-likeness (QED) is 0.749. The van der Waals surface area contributed by atoms with E-state index in [4.69, 9.17) is 28.9 Å². The summed E-state index contributed by atoms with van der Waals surface area (Å²) < 4.78 is 0. The summed E-state index contributed by atoms with van der Waals surface area (Å²) >= 11 is 11.4. The monoisotopic (exact) mass is 203 g/mol. The van der Waals surface area contributed by atoms with E-state index in [9.17, 15) is 4.79 Å². The fourth-order valence-electron chi connectivity index (χ4n) is 0.821. The van der Waals surface area contributed by atoms with Crippen molar-refractivity contribution in [3.63, 3.8) is 0 Å². The third-order valence-corrected chi connectivity index (χ3v) is 1.98. The molecule has 1 rings (SSSR count). The summed E-state index contributed by atoms with van der Waals surface area (Å²) in [7, 11) is 0. The topological polar surface area (TPSA) is 43.1 Å². The maximum Gasteiger partial charge on any atom is 0.177 e. The summed E-state index contributed by atoms with van der Waals surface area (Å²) in [6, 6.07) is 4.71. The van der Waals surface area contributed by atoms with Crippen LogP contribution in [0.5, 0.6) is 0 Å². The SMILES string of the molecule is NCC(=O)c1cc(Cl)ccc1Cl. The van der Waals surface area contributed by atoms with Gasteiger partial charge in [0.1, 0.15) is 0 Å². The summed E-state index contributed by atoms with van der Waals surface area (Å²) in [6.45, 7) is -0.0555. The number of carbonyl (C=O) groups is 1. The number of ketones is 1. The van der Waals surface area contributed by atoms with Gasteiger partial charge in [-0.2, -0.15) is 0 Å². The van der Waals surface area contributed by atoms with Crippen LogP contribution in [0.3, 0.4) is 0 Å². The third-order valence-electron chi connectivity index (χ3n) is 1.41. The fraction of sp³-hybridized carbons (Fsp3) is 0.125. The van der Waals surface area contributed by atoms with E-state index in [1.165, 1.54) is 6.07 Å². The molecule has 0 amide bonds. The summed E-state index contributed by atoms with van der Waals surface area (Å²) in [5.74, 6) is -0.206. The molecular formula is C8H7Cl2NO. The highest BCUT2D eigenvalue weighted by atomic mass is 35.5. The zero-order valence-corrected chi connectivity index (χ0v) is 7.69. The largest absolute Gasteiger partial charge is 0.324 e. The number of Topliss-reactive ketones (excluding diaryl/α,β-unsaturated/α-hetero) is 1. The molecule has 0 bridgehead atoms. The van der Waals surface area contributed by atoms with Gasteiger partial charge in [-0.1, -0.05) is 23.2 Å². The van der Waals surface area contributed by atoms with Gasteiger partial charge in [-0.05, 0) is 18.2 Å². The Morgan fingerprint density at radius 3 is 2.67 bits per heavy atom. The smallest absolute Gasteiger partial charge is 0.177 e. The van der Waals surface area contributed by atoms with E-state index < -0.39 is 0 Å². The molecule has 0 aliphatic rings. The number of hydrogen-bond donors (Lipinski definition) is 1. The van der Waals surface area contributed by atoms with E-state index in [1.54, 1.807) is 12.1 Å². The van der Waals surface area contributed by atoms with Crippen molar-refractivity contribution in [3.8, 4) is 0 Å². The van der Waals surface area contributed by atoms with Crippen LogP contribution in [0.1, 0.15) is 10.4 Å². The van der Waals surface area contributed by atoms with Crippen LogP contribution in [0.2, 0.25) is 10.0 Å². The molecule has 12 heavy (non-hydrogen) atoms.